The molecular weight excluding hydrogens is 338 g/mol. The van der Waals surface area contributed by atoms with Crippen molar-refractivity contribution in [1.82, 2.24) is 9.55 Å². The Hall–Kier alpha value is -2.66. The van der Waals surface area contributed by atoms with Crippen LogP contribution in [0.1, 0.15) is 16.7 Å². The van der Waals surface area contributed by atoms with Gasteiger partial charge < -0.3 is 5.32 Å². The summed E-state index contributed by atoms with van der Waals surface area (Å²) in [5.41, 5.74) is 3.80. The van der Waals surface area contributed by atoms with E-state index in [1.165, 1.54) is 10.9 Å². The van der Waals surface area contributed by atoms with Crippen LogP contribution in [0.4, 0.5) is 5.69 Å². The molecule has 3 rings (SSSR count). The Balaban J connectivity index is 1.88. The van der Waals surface area contributed by atoms with Crippen molar-refractivity contribution in [1.29, 1.82) is 0 Å². The van der Waals surface area contributed by atoms with Gasteiger partial charge in [0.1, 0.15) is 6.54 Å². The lowest BCUT2D eigenvalue weighted by Gasteiger charge is -2.12. The number of fused-ring (bicyclic) bond motifs is 1. The lowest BCUT2D eigenvalue weighted by Crippen LogP contribution is -2.28. The number of hydrogen-bond donors (Lipinski definition) is 1. The second-order valence-corrected chi connectivity index (χ2v) is 6.54. The number of hydrogen-bond acceptors (Lipinski definition) is 3. The van der Waals surface area contributed by atoms with Gasteiger partial charge in [0.05, 0.1) is 27.9 Å². The van der Waals surface area contributed by atoms with Crippen molar-refractivity contribution in [3.63, 3.8) is 0 Å². The molecule has 0 bridgehead atoms. The summed E-state index contributed by atoms with van der Waals surface area (Å²) < 4.78 is 1.30. The van der Waals surface area contributed by atoms with E-state index in [0.29, 0.717) is 21.6 Å². The fourth-order valence-corrected chi connectivity index (χ4v) is 3.23. The molecule has 0 saturated carbocycles. The van der Waals surface area contributed by atoms with Gasteiger partial charge in [-0.05, 0) is 49.6 Å². The Bertz CT molecular complexity index is 1020. The average Bonchev–Trinajstić information content (AvgIpc) is 2.54. The van der Waals surface area contributed by atoms with Crippen molar-refractivity contribution in [3.8, 4) is 0 Å². The van der Waals surface area contributed by atoms with Crippen molar-refractivity contribution in [2.45, 2.75) is 27.3 Å². The molecule has 0 saturated heterocycles. The summed E-state index contributed by atoms with van der Waals surface area (Å²) in [4.78, 5) is 29.2. The number of nitrogens with zero attached hydrogens (tertiary/aromatic N) is 2. The number of anilines is 1. The SMILES string of the molecule is Cc1cc(C)c(NC(=O)Cn2cnc3c(C)cccc3c2=O)c(Cl)c1. The number of carbonyl (C=O) groups is 1. The van der Waals surface area contributed by atoms with Crippen molar-refractivity contribution in [3.05, 3.63) is 68.7 Å². The van der Waals surface area contributed by atoms with Crippen LogP contribution >= 0.6 is 11.6 Å². The summed E-state index contributed by atoms with van der Waals surface area (Å²) >= 11 is 6.21. The van der Waals surface area contributed by atoms with E-state index in [4.69, 9.17) is 11.6 Å². The lowest BCUT2D eigenvalue weighted by atomic mass is 10.1. The van der Waals surface area contributed by atoms with Gasteiger partial charge in [-0.2, -0.15) is 0 Å². The highest BCUT2D eigenvalue weighted by Crippen LogP contribution is 2.27. The van der Waals surface area contributed by atoms with Gasteiger partial charge in [-0.1, -0.05) is 29.8 Å². The molecule has 0 radical (unpaired) electrons. The zero-order valence-electron chi connectivity index (χ0n) is 14.3. The molecule has 128 valence electrons. The quantitative estimate of drug-likeness (QED) is 0.780. The highest BCUT2D eigenvalue weighted by Gasteiger charge is 2.12. The average molecular weight is 356 g/mol. The first kappa shape index (κ1) is 17.2. The second-order valence-electron chi connectivity index (χ2n) is 6.14. The molecule has 0 unspecified atom stereocenters. The van der Waals surface area contributed by atoms with Gasteiger partial charge in [-0.15, -0.1) is 0 Å². The van der Waals surface area contributed by atoms with E-state index in [2.05, 4.69) is 10.3 Å². The number of aromatic nitrogens is 2. The van der Waals surface area contributed by atoms with E-state index >= 15 is 0 Å². The molecule has 1 amide bonds. The molecule has 1 heterocycles. The third-order valence-corrected chi connectivity index (χ3v) is 4.36. The highest BCUT2D eigenvalue weighted by molar-refractivity contribution is 6.34. The van der Waals surface area contributed by atoms with Crippen LogP contribution in [0.5, 0.6) is 0 Å². The van der Waals surface area contributed by atoms with E-state index in [1.54, 1.807) is 18.2 Å². The number of para-hydroxylation sites is 1. The van der Waals surface area contributed by atoms with Crippen molar-refractivity contribution in [2.24, 2.45) is 0 Å². The molecule has 0 atom stereocenters. The Morgan fingerprint density at radius 2 is 1.96 bits per heavy atom. The second kappa shape index (κ2) is 6.69. The maximum Gasteiger partial charge on any atom is 0.261 e. The van der Waals surface area contributed by atoms with Crippen LogP contribution in [-0.2, 0) is 11.3 Å². The van der Waals surface area contributed by atoms with E-state index in [0.717, 1.165) is 16.7 Å². The normalized spacial score (nSPS) is 10.9. The first-order valence-corrected chi connectivity index (χ1v) is 8.26. The fraction of sp³-hybridized carbons (Fsp3) is 0.211. The van der Waals surface area contributed by atoms with E-state index in [-0.39, 0.29) is 18.0 Å². The van der Waals surface area contributed by atoms with Gasteiger partial charge in [0.15, 0.2) is 0 Å². The molecule has 1 N–H and O–H groups in total. The molecule has 0 fully saturated rings. The Kier molecular flexibility index (Phi) is 4.59. The smallest absolute Gasteiger partial charge is 0.261 e. The number of amides is 1. The third-order valence-electron chi connectivity index (χ3n) is 4.07. The number of nitrogens with one attached hydrogen (secondary N) is 1. The standard InChI is InChI=1S/C19H18ClN3O2/c1-11-7-13(3)18(15(20)8-11)22-16(24)9-23-10-21-17-12(2)5-4-6-14(17)19(23)25/h4-8,10H,9H2,1-3H3,(H,22,24). The van der Waals surface area contributed by atoms with Gasteiger partial charge in [0.25, 0.3) is 5.56 Å². The summed E-state index contributed by atoms with van der Waals surface area (Å²) in [6.45, 7) is 5.58. The van der Waals surface area contributed by atoms with Crippen molar-refractivity contribution < 1.29 is 4.79 Å². The predicted molar refractivity (Wildman–Crippen MR) is 100 cm³/mol. The lowest BCUT2D eigenvalue weighted by molar-refractivity contribution is -0.116. The van der Waals surface area contributed by atoms with E-state index in [9.17, 15) is 9.59 Å². The molecule has 0 spiro atoms. The highest BCUT2D eigenvalue weighted by atomic mass is 35.5. The molecule has 0 aliphatic carbocycles. The van der Waals surface area contributed by atoms with Gasteiger partial charge >= 0.3 is 0 Å². The van der Waals surface area contributed by atoms with Crippen LogP contribution in [0, 0.1) is 20.8 Å². The first-order valence-electron chi connectivity index (χ1n) is 7.88. The Labute approximate surface area is 150 Å². The molecule has 1 aromatic heterocycles. The minimum atomic E-state index is -0.329. The number of benzene rings is 2. The molecule has 3 aromatic rings. The summed E-state index contributed by atoms with van der Waals surface area (Å²) in [7, 11) is 0. The zero-order valence-corrected chi connectivity index (χ0v) is 15.0. The number of carbonyl (C=O) groups excluding carboxylic acids is 1. The van der Waals surface area contributed by atoms with Crippen molar-refractivity contribution >= 4 is 34.1 Å². The van der Waals surface area contributed by atoms with Crippen LogP contribution in [-0.4, -0.2) is 15.5 Å². The number of rotatable bonds is 3. The summed E-state index contributed by atoms with van der Waals surface area (Å²) in [6.07, 6.45) is 1.40. The minimum absolute atomic E-state index is 0.126. The van der Waals surface area contributed by atoms with Crippen LogP contribution in [0.3, 0.4) is 0 Å². The Morgan fingerprint density at radius 1 is 1.20 bits per heavy atom. The molecule has 5 nitrogen and oxygen atoms in total. The molecule has 0 aliphatic rings. The summed E-state index contributed by atoms with van der Waals surface area (Å²) in [5.74, 6) is -0.329. The molecule has 0 aliphatic heterocycles. The van der Waals surface area contributed by atoms with E-state index in [1.807, 2.05) is 32.9 Å². The van der Waals surface area contributed by atoms with E-state index < -0.39 is 0 Å². The maximum atomic E-state index is 12.6. The van der Waals surface area contributed by atoms with Gasteiger partial charge in [-0.25, -0.2) is 4.98 Å². The predicted octanol–water partition coefficient (Wildman–Crippen LogP) is 3.61. The maximum absolute atomic E-state index is 12.6. The van der Waals surface area contributed by atoms with Crippen LogP contribution in [0.15, 0.2) is 41.5 Å². The van der Waals surface area contributed by atoms with Crippen molar-refractivity contribution in [2.75, 3.05) is 5.32 Å². The molecular formula is C19H18ClN3O2. The monoisotopic (exact) mass is 355 g/mol. The first-order chi connectivity index (χ1) is 11.9. The molecule has 2 aromatic carbocycles. The number of halogens is 1. The van der Waals surface area contributed by atoms with Gasteiger partial charge in [0.2, 0.25) is 5.91 Å². The van der Waals surface area contributed by atoms with Gasteiger partial charge in [-0.3, -0.25) is 14.2 Å². The topological polar surface area (TPSA) is 64.0 Å². The van der Waals surface area contributed by atoms with Gasteiger partial charge in [0, 0.05) is 0 Å². The minimum Gasteiger partial charge on any atom is -0.323 e. The third kappa shape index (κ3) is 3.42. The molecule has 25 heavy (non-hydrogen) atoms. The molecule has 6 heteroatoms. The number of aryl methyl sites for hydroxylation is 3. The van der Waals surface area contributed by atoms with Crippen LogP contribution in [0.2, 0.25) is 5.02 Å². The summed E-state index contributed by atoms with van der Waals surface area (Å²) in [6, 6.07) is 9.15. The van der Waals surface area contributed by atoms with Crippen LogP contribution in [0.25, 0.3) is 10.9 Å². The summed E-state index contributed by atoms with van der Waals surface area (Å²) in [5, 5.41) is 3.76. The zero-order chi connectivity index (χ0) is 18.1. The largest absolute Gasteiger partial charge is 0.323 e. The Morgan fingerprint density at radius 3 is 2.68 bits per heavy atom. The fourth-order valence-electron chi connectivity index (χ4n) is 2.86. The van der Waals surface area contributed by atoms with Crippen LogP contribution < -0.4 is 10.9 Å².